The standard InChI is InChI=1S/C16H26O3Si/c1-11(19-20(2,3)4)15(17)18-16-8-12-5-13(9-16)7-14(6-12)10-16/h12-14H,1,5-10H2,2-4H3. The molecule has 112 valence electrons. The molecule has 4 rings (SSSR count). The maximum Gasteiger partial charge on any atom is 0.372 e. The first-order valence-corrected chi connectivity index (χ1v) is 11.3. The number of hydrogen-bond donors (Lipinski definition) is 0. The Balaban J connectivity index is 1.65. The predicted molar refractivity (Wildman–Crippen MR) is 80.6 cm³/mol. The first-order chi connectivity index (χ1) is 9.25. The summed E-state index contributed by atoms with van der Waals surface area (Å²) in [7, 11) is -1.79. The van der Waals surface area contributed by atoms with Gasteiger partial charge in [-0.25, -0.2) is 4.79 Å². The molecule has 0 atom stereocenters. The van der Waals surface area contributed by atoms with E-state index in [1.165, 1.54) is 19.3 Å². The van der Waals surface area contributed by atoms with E-state index in [2.05, 4.69) is 26.2 Å². The molecule has 0 radical (unpaired) electrons. The number of esters is 1. The fraction of sp³-hybridized carbons (Fsp3) is 0.812. The second kappa shape index (κ2) is 4.62. The minimum atomic E-state index is -1.79. The van der Waals surface area contributed by atoms with E-state index < -0.39 is 8.32 Å². The molecule has 0 aliphatic heterocycles. The molecule has 4 bridgehead atoms. The molecule has 0 heterocycles. The van der Waals surface area contributed by atoms with Gasteiger partial charge in [-0.2, -0.15) is 0 Å². The lowest BCUT2D eigenvalue weighted by atomic mass is 9.54. The van der Waals surface area contributed by atoms with Crippen molar-refractivity contribution in [2.45, 2.75) is 63.8 Å². The highest BCUT2D eigenvalue weighted by Gasteiger charge is 2.53. The lowest BCUT2D eigenvalue weighted by molar-refractivity contribution is -0.184. The van der Waals surface area contributed by atoms with Gasteiger partial charge in [0.25, 0.3) is 0 Å². The van der Waals surface area contributed by atoms with Crippen LogP contribution >= 0.6 is 0 Å². The van der Waals surface area contributed by atoms with Crippen LogP contribution in [0.25, 0.3) is 0 Å². The first-order valence-electron chi connectivity index (χ1n) is 7.86. The van der Waals surface area contributed by atoms with E-state index in [4.69, 9.17) is 9.16 Å². The van der Waals surface area contributed by atoms with Crippen LogP contribution in [0.3, 0.4) is 0 Å². The number of hydrogen-bond acceptors (Lipinski definition) is 3. The van der Waals surface area contributed by atoms with Gasteiger partial charge in [-0.05, 0) is 75.9 Å². The molecule has 0 aromatic carbocycles. The summed E-state index contributed by atoms with van der Waals surface area (Å²) in [6, 6.07) is 0. The molecule has 20 heavy (non-hydrogen) atoms. The Morgan fingerprint density at radius 1 is 1.05 bits per heavy atom. The number of carbonyl (C=O) groups excluding carboxylic acids is 1. The van der Waals surface area contributed by atoms with Crippen LogP contribution in [0.4, 0.5) is 0 Å². The van der Waals surface area contributed by atoms with Crippen molar-refractivity contribution in [1.82, 2.24) is 0 Å². The third-order valence-electron chi connectivity index (χ3n) is 4.95. The fourth-order valence-electron chi connectivity index (χ4n) is 4.82. The molecule has 3 nitrogen and oxygen atoms in total. The van der Waals surface area contributed by atoms with Crippen molar-refractivity contribution >= 4 is 14.3 Å². The highest BCUT2D eigenvalue weighted by molar-refractivity contribution is 6.70. The van der Waals surface area contributed by atoms with Crippen molar-refractivity contribution in [1.29, 1.82) is 0 Å². The van der Waals surface area contributed by atoms with Crippen LogP contribution in [-0.4, -0.2) is 19.9 Å². The summed E-state index contributed by atoms with van der Waals surface area (Å²) < 4.78 is 11.6. The van der Waals surface area contributed by atoms with Crippen molar-refractivity contribution in [3.8, 4) is 0 Å². The summed E-state index contributed by atoms with van der Waals surface area (Å²) in [5, 5.41) is 0. The van der Waals surface area contributed by atoms with Crippen LogP contribution in [0.2, 0.25) is 19.6 Å². The quantitative estimate of drug-likeness (QED) is 0.342. The maximum atomic E-state index is 12.3. The zero-order valence-corrected chi connectivity index (χ0v) is 13.9. The normalized spacial score (nSPS) is 38.6. The van der Waals surface area contributed by atoms with Crippen molar-refractivity contribution in [2.24, 2.45) is 17.8 Å². The zero-order valence-electron chi connectivity index (χ0n) is 12.9. The Morgan fingerprint density at radius 2 is 1.50 bits per heavy atom. The van der Waals surface area contributed by atoms with E-state index in [1.54, 1.807) is 0 Å². The molecule has 4 fully saturated rings. The van der Waals surface area contributed by atoms with Crippen LogP contribution in [0, 0.1) is 17.8 Å². The van der Waals surface area contributed by atoms with Crippen molar-refractivity contribution < 1.29 is 14.0 Å². The topological polar surface area (TPSA) is 35.5 Å². The molecule has 4 aliphatic rings. The lowest BCUT2D eigenvalue weighted by Crippen LogP contribution is -2.53. The maximum absolute atomic E-state index is 12.3. The summed E-state index contributed by atoms with van der Waals surface area (Å²) in [5.74, 6) is 2.22. The minimum absolute atomic E-state index is 0.197. The molecule has 0 aromatic rings. The zero-order chi connectivity index (χ0) is 14.5. The van der Waals surface area contributed by atoms with Crippen LogP contribution in [0.15, 0.2) is 12.3 Å². The van der Waals surface area contributed by atoms with Crippen molar-refractivity contribution in [3.63, 3.8) is 0 Å². The van der Waals surface area contributed by atoms with E-state index in [1.807, 2.05) is 0 Å². The molecule has 0 aromatic heterocycles. The summed E-state index contributed by atoms with van der Waals surface area (Å²) in [6.45, 7) is 9.93. The van der Waals surface area contributed by atoms with Crippen LogP contribution in [0.5, 0.6) is 0 Å². The Morgan fingerprint density at radius 3 is 1.90 bits per heavy atom. The van der Waals surface area contributed by atoms with E-state index >= 15 is 0 Å². The second-order valence-electron chi connectivity index (χ2n) is 8.13. The molecule has 0 spiro atoms. The van der Waals surface area contributed by atoms with Crippen LogP contribution in [-0.2, 0) is 14.0 Å². The molecule has 4 heteroatoms. The third kappa shape index (κ3) is 2.80. The second-order valence-corrected chi connectivity index (χ2v) is 12.6. The molecular weight excluding hydrogens is 268 g/mol. The molecule has 0 saturated heterocycles. The van der Waals surface area contributed by atoms with Gasteiger partial charge in [0.15, 0.2) is 5.76 Å². The number of ether oxygens (including phenoxy) is 1. The number of carbonyl (C=O) groups is 1. The largest absolute Gasteiger partial charge is 0.540 e. The van der Waals surface area contributed by atoms with E-state index in [0.717, 1.165) is 37.0 Å². The Kier molecular flexibility index (Phi) is 3.27. The minimum Gasteiger partial charge on any atom is -0.540 e. The fourth-order valence-corrected chi connectivity index (χ4v) is 5.64. The molecule has 0 N–H and O–H groups in total. The van der Waals surface area contributed by atoms with Crippen molar-refractivity contribution in [2.75, 3.05) is 0 Å². The van der Waals surface area contributed by atoms with E-state index in [9.17, 15) is 4.79 Å². The smallest absolute Gasteiger partial charge is 0.372 e. The van der Waals surface area contributed by atoms with Crippen molar-refractivity contribution in [3.05, 3.63) is 12.3 Å². The summed E-state index contributed by atoms with van der Waals surface area (Å²) >= 11 is 0. The summed E-state index contributed by atoms with van der Waals surface area (Å²) in [4.78, 5) is 12.3. The van der Waals surface area contributed by atoms with Gasteiger partial charge in [-0.3, -0.25) is 0 Å². The van der Waals surface area contributed by atoms with Gasteiger partial charge in [0.05, 0.1) is 0 Å². The van der Waals surface area contributed by atoms with E-state index in [0.29, 0.717) is 0 Å². The monoisotopic (exact) mass is 294 g/mol. The summed E-state index contributed by atoms with van der Waals surface area (Å²) in [6.07, 6.45) is 7.23. The highest BCUT2D eigenvalue weighted by Crippen LogP contribution is 2.57. The van der Waals surface area contributed by atoms with Gasteiger partial charge >= 0.3 is 5.97 Å². The first kappa shape index (κ1) is 14.2. The Hall–Kier alpha value is -0.773. The summed E-state index contributed by atoms with van der Waals surface area (Å²) in [5.41, 5.74) is -0.197. The predicted octanol–water partition coefficient (Wildman–Crippen LogP) is 3.86. The third-order valence-corrected chi connectivity index (χ3v) is 5.81. The van der Waals surface area contributed by atoms with Gasteiger partial charge < -0.3 is 9.16 Å². The van der Waals surface area contributed by atoms with Gasteiger partial charge in [-0.1, -0.05) is 6.58 Å². The average molecular weight is 294 g/mol. The van der Waals surface area contributed by atoms with Crippen LogP contribution in [0.1, 0.15) is 38.5 Å². The Labute approximate surface area is 122 Å². The molecule has 4 aliphatic carbocycles. The Bertz CT molecular complexity index is 400. The molecule has 0 unspecified atom stereocenters. The molecule has 4 saturated carbocycles. The lowest BCUT2D eigenvalue weighted by Gasteiger charge is -2.55. The van der Waals surface area contributed by atoms with Gasteiger partial charge in [-0.15, -0.1) is 0 Å². The van der Waals surface area contributed by atoms with E-state index in [-0.39, 0.29) is 17.3 Å². The van der Waals surface area contributed by atoms with Gasteiger partial charge in [0.2, 0.25) is 8.32 Å². The highest BCUT2D eigenvalue weighted by atomic mass is 28.4. The van der Waals surface area contributed by atoms with Gasteiger partial charge in [0, 0.05) is 0 Å². The molecular formula is C16H26O3Si. The van der Waals surface area contributed by atoms with Crippen LogP contribution < -0.4 is 0 Å². The molecule has 0 amide bonds. The average Bonchev–Trinajstić information content (AvgIpc) is 2.23. The number of rotatable bonds is 4. The SMILES string of the molecule is C=C(O[Si](C)(C)C)C(=O)OC12CC3CC(CC(C3)C1)C2. The van der Waals surface area contributed by atoms with Gasteiger partial charge in [0.1, 0.15) is 5.60 Å².